The summed E-state index contributed by atoms with van der Waals surface area (Å²) in [5.41, 5.74) is 1.04. The molecule has 1 aromatic carbocycles. The molecular formula is C21H31NO4. The molecule has 0 aliphatic carbocycles. The van der Waals surface area contributed by atoms with Crippen molar-refractivity contribution in [1.29, 1.82) is 0 Å². The zero-order valence-corrected chi connectivity index (χ0v) is 16.0. The number of ether oxygens (including phenoxy) is 2. The van der Waals surface area contributed by atoms with Crippen LogP contribution in [0.4, 0.5) is 0 Å². The Bertz CT molecular complexity index is 585. The van der Waals surface area contributed by atoms with Crippen molar-refractivity contribution in [3.63, 3.8) is 0 Å². The molecule has 0 spiro atoms. The molecule has 2 N–H and O–H groups in total. The van der Waals surface area contributed by atoms with Crippen molar-refractivity contribution in [2.75, 3.05) is 13.2 Å². The molecule has 2 rings (SSSR count). The Balaban J connectivity index is 2.11. The van der Waals surface area contributed by atoms with E-state index in [2.05, 4.69) is 19.2 Å². The smallest absolute Gasteiger partial charge is 0.286 e. The van der Waals surface area contributed by atoms with Crippen LogP contribution in [-0.4, -0.2) is 30.5 Å². The van der Waals surface area contributed by atoms with Gasteiger partial charge in [0, 0.05) is 25.7 Å². The second kappa shape index (κ2) is 10.3. The fraction of sp³-hybridized carbons (Fsp3) is 0.571. The van der Waals surface area contributed by atoms with Crippen LogP contribution in [-0.2, 0) is 20.8 Å². The van der Waals surface area contributed by atoms with Crippen LogP contribution in [0.15, 0.2) is 42.2 Å². The Kier molecular flexibility index (Phi) is 8.13. The standard InChI is InChI=1S/C21H31NO4/c1-4-25-21-17(11-8-12-23)18(15(2)3)13-19(26-21)20(24)22-14-16-9-6-5-7-10-16/h5-7,9-10,13,15,17-18,21,23H,4,8,11-12,14H2,1-3H3,(H,22,24). The number of aliphatic hydroxyl groups is 1. The van der Waals surface area contributed by atoms with E-state index in [9.17, 15) is 9.90 Å². The van der Waals surface area contributed by atoms with Crippen molar-refractivity contribution >= 4 is 5.91 Å². The van der Waals surface area contributed by atoms with Crippen LogP contribution < -0.4 is 5.32 Å². The van der Waals surface area contributed by atoms with Crippen molar-refractivity contribution in [1.82, 2.24) is 5.32 Å². The predicted octanol–water partition coefficient (Wildman–Crippen LogP) is 3.24. The second-order valence-electron chi connectivity index (χ2n) is 6.99. The SMILES string of the molecule is CCOC1OC(C(=O)NCc2ccccc2)=CC(C(C)C)C1CCCO. The molecule has 26 heavy (non-hydrogen) atoms. The van der Waals surface area contributed by atoms with Gasteiger partial charge >= 0.3 is 0 Å². The molecule has 0 saturated heterocycles. The first-order valence-corrected chi connectivity index (χ1v) is 9.49. The van der Waals surface area contributed by atoms with E-state index < -0.39 is 6.29 Å². The number of allylic oxidation sites excluding steroid dienone is 1. The third kappa shape index (κ3) is 5.58. The molecule has 1 heterocycles. The van der Waals surface area contributed by atoms with Crippen molar-refractivity contribution < 1.29 is 19.4 Å². The van der Waals surface area contributed by atoms with Gasteiger partial charge < -0.3 is 19.9 Å². The number of carbonyl (C=O) groups excluding carboxylic acids is 1. The molecule has 3 unspecified atom stereocenters. The summed E-state index contributed by atoms with van der Waals surface area (Å²) in [6.45, 7) is 7.32. The molecule has 0 aromatic heterocycles. The third-order valence-corrected chi connectivity index (χ3v) is 4.75. The minimum absolute atomic E-state index is 0.132. The fourth-order valence-electron chi connectivity index (χ4n) is 3.39. The minimum Gasteiger partial charge on any atom is -0.459 e. The van der Waals surface area contributed by atoms with Crippen molar-refractivity contribution in [3.8, 4) is 0 Å². The number of amides is 1. The minimum atomic E-state index is -0.457. The molecule has 3 atom stereocenters. The van der Waals surface area contributed by atoms with Gasteiger partial charge in [0.25, 0.3) is 5.91 Å². The van der Waals surface area contributed by atoms with Crippen LogP contribution in [0.2, 0.25) is 0 Å². The highest BCUT2D eigenvalue weighted by atomic mass is 16.7. The van der Waals surface area contributed by atoms with Crippen LogP contribution in [0.5, 0.6) is 0 Å². The summed E-state index contributed by atoms with van der Waals surface area (Å²) in [5.74, 6) is 0.766. The van der Waals surface area contributed by atoms with Crippen LogP contribution in [0.3, 0.4) is 0 Å². The Hall–Kier alpha value is -1.85. The molecule has 0 radical (unpaired) electrons. The molecule has 1 aliphatic rings. The highest BCUT2D eigenvalue weighted by Gasteiger charge is 2.38. The number of hydrogen-bond acceptors (Lipinski definition) is 4. The quantitative estimate of drug-likeness (QED) is 0.708. The summed E-state index contributed by atoms with van der Waals surface area (Å²) in [5, 5.41) is 12.1. The first-order chi connectivity index (χ1) is 12.6. The molecule has 5 nitrogen and oxygen atoms in total. The summed E-state index contributed by atoms with van der Waals surface area (Å²) in [7, 11) is 0. The molecule has 0 saturated carbocycles. The van der Waals surface area contributed by atoms with Gasteiger partial charge in [0.15, 0.2) is 5.76 Å². The van der Waals surface area contributed by atoms with Crippen molar-refractivity contribution in [2.24, 2.45) is 17.8 Å². The van der Waals surface area contributed by atoms with E-state index in [0.717, 1.165) is 12.0 Å². The predicted molar refractivity (Wildman–Crippen MR) is 101 cm³/mol. The number of hydrogen-bond donors (Lipinski definition) is 2. The zero-order chi connectivity index (χ0) is 18.9. The first-order valence-electron chi connectivity index (χ1n) is 9.49. The van der Waals surface area contributed by atoms with Crippen LogP contribution in [0, 0.1) is 17.8 Å². The van der Waals surface area contributed by atoms with Crippen molar-refractivity contribution in [3.05, 3.63) is 47.7 Å². The lowest BCUT2D eigenvalue weighted by molar-refractivity contribution is -0.175. The number of carbonyl (C=O) groups is 1. The monoisotopic (exact) mass is 361 g/mol. The van der Waals surface area contributed by atoms with Gasteiger partial charge in [-0.3, -0.25) is 4.79 Å². The maximum atomic E-state index is 12.6. The highest BCUT2D eigenvalue weighted by molar-refractivity contribution is 5.91. The van der Waals surface area contributed by atoms with E-state index in [1.54, 1.807) is 0 Å². The normalized spacial score (nSPS) is 22.7. The van der Waals surface area contributed by atoms with Gasteiger partial charge in [-0.25, -0.2) is 0 Å². The molecular weight excluding hydrogens is 330 g/mol. The topological polar surface area (TPSA) is 67.8 Å². The first kappa shape index (κ1) is 20.5. The Morgan fingerprint density at radius 3 is 2.65 bits per heavy atom. The van der Waals surface area contributed by atoms with Gasteiger partial charge in [0.2, 0.25) is 6.29 Å². The average Bonchev–Trinajstić information content (AvgIpc) is 2.65. The summed E-state index contributed by atoms with van der Waals surface area (Å²) < 4.78 is 11.7. The van der Waals surface area contributed by atoms with Crippen LogP contribution in [0.1, 0.15) is 39.2 Å². The third-order valence-electron chi connectivity index (χ3n) is 4.75. The fourth-order valence-corrected chi connectivity index (χ4v) is 3.39. The molecule has 5 heteroatoms. The summed E-state index contributed by atoms with van der Waals surface area (Å²) >= 11 is 0. The van der Waals surface area contributed by atoms with Crippen molar-refractivity contribution in [2.45, 2.75) is 46.4 Å². The average molecular weight is 361 g/mol. The highest BCUT2D eigenvalue weighted by Crippen LogP contribution is 2.37. The van der Waals surface area contributed by atoms with Gasteiger partial charge in [-0.15, -0.1) is 0 Å². The van der Waals surface area contributed by atoms with Gasteiger partial charge in [0.05, 0.1) is 0 Å². The van der Waals surface area contributed by atoms with Crippen LogP contribution >= 0.6 is 0 Å². The number of aliphatic hydroxyl groups excluding tert-OH is 1. The van der Waals surface area contributed by atoms with E-state index >= 15 is 0 Å². The lowest BCUT2D eigenvalue weighted by Gasteiger charge is -2.38. The Morgan fingerprint density at radius 1 is 1.31 bits per heavy atom. The van der Waals surface area contributed by atoms with Gasteiger partial charge in [-0.1, -0.05) is 44.2 Å². The largest absolute Gasteiger partial charge is 0.459 e. The van der Waals surface area contributed by atoms with E-state index in [-0.39, 0.29) is 24.3 Å². The maximum absolute atomic E-state index is 12.6. The number of nitrogens with one attached hydrogen (secondary N) is 1. The van der Waals surface area contributed by atoms with Gasteiger partial charge in [-0.2, -0.15) is 0 Å². The van der Waals surface area contributed by atoms with Crippen LogP contribution in [0.25, 0.3) is 0 Å². The lowest BCUT2D eigenvalue weighted by atomic mass is 9.78. The molecule has 0 fully saturated rings. The molecule has 1 aliphatic heterocycles. The molecule has 0 bridgehead atoms. The van der Waals surface area contributed by atoms with E-state index in [4.69, 9.17) is 9.47 Å². The molecule has 144 valence electrons. The van der Waals surface area contributed by atoms with Gasteiger partial charge in [-0.05, 0) is 43.2 Å². The number of benzene rings is 1. The summed E-state index contributed by atoms with van der Waals surface area (Å²) in [6, 6.07) is 9.79. The van der Waals surface area contributed by atoms with E-state index in [0.29, 0.717) is 31.2 Å². The zero-order valence-electron chi connectivity index (χ0n) is 16.0. The van der Waals surface area contributed by atoms with E-state index in [1.807, 2.05) is 43.3 Å². The molecule has 1 amide bonds. The van der Waals surface area contributed by atoms with Gasteiger partial charge in [0.1, 0.15) is 0 Å². The maximum Gasteiger partial charge on any atom is 0.286 e. The van der Waals surface area contributed by atoms with E-state index in [1.165, 1.54) is 0 Å². The Labute approximate surface area is 156 Å². The Morgan fingerprint density at radius 2 is 2.04 bits per heavy atom. The summed E-state index contributed by atoms with van der Waals surface area (Å²) in [4.78, 5) is 12.6. The summed E-state index contributed by atoms with van der Waals surface area (Å²) in [6.07, 6.45) is 2.98. The second-order valence-corrected chi connectivity index (χ2v) is 6.99. The number of rotatable bonds is 9. The lowest BCUT2D eigenvalue weighted by Crippen LogP contribution is -2.41. The molecule has 1 aromatic rings.